The SMILES string of the molecule is CC(C)(C)c1ccc(CC2CCCCCC2)cc1. The monoisotopic (exact) mass is 244 g/mol. The van der Waals surface area contributed by atoms with Gasteiger partial charge in [-0.3, -0.25) is 0 Å². The fourth-order valence-corrected chi connectivity index (χ4v) is 3.04. The van der Waals surface area contributed by atoms with E-state index < -0.39 is 0 Å². The standard InChI is InChI=1S/C18H28/c1-18(2,3)17-12-10-16(11-13-17)14-15-8-6-4-5-7-9-15/h10-13,15H,4-9,14H2,1-3H3. The highest BCUT2D eigenvalue weighted by Gasteiger charge is 2.15. The van der Waals surface area contributed by atoms with Gasteiger partial charge in [-0.2, -0.15) is 0 Å². The molecule has 0 heteroatoms. The van der Waals surface area contributed by atoms with E-state index in [0.717, 1.165) is 5.92 Å². The number of rotatable bonds is 2. The van der Waals surface area contributed by atoms with Crippen molar-refractivity contribution in [2.75, 3.05) is 0 Å². The van der Waals surface area contributed by atoms with Crippen LogP contribution in [0.2, 0.25) is 0 Å². The van der Waals surface area contributed by atoms with Gasteiger partial charge in [0.1, 0.15) is 0 Å². The average molecular weight is 244 g/mol. The molecule has 0 N–H and O–H groups in total. The summed E-state index contributed by atoms with van der Waals surface area (Å²) in [5.41, 5.74) is 3.27. The van der Waals surface area contributed by atoms with Crippen LogP contribution in [0.4, 0.5) is 0 Å². The fourth-order valence-electron chi connectivity index (χ4n) is 3.04. The zero-order valence-electron chi connectivity index (χ0n) is 12.3. The molecule has 1 aliphatic carbocycles. The molecule has 0 aliphatic heterocycles. The summed E-state index contributed by atoms with van der Waals surface area (Å²) in [4.78, 5) is 0. The second-order valence-corrected chi connectivity index (χ2v) is 7.01. The molecule has 0 atom stereocenters. The first-order valence-corrected chi connectivity index (χ1v) is 7.65. The van der Waals surface area contributed by atoms with E-state index in [1.54, 1.807) is 0 Å². The first kappa shape index (κ1) is 13.6. The van der Waals surface area contributed by atoms with Crippen LogP contribution in [0.25, 0.3) is 0 Å². The van der Waals surface area contributed by atoms with Gasteiger partial charge < -0.3 is 0 Å². The van der Waals surface area contributed by atoms with Gasteiger partial charge >= 0.3 is 0 Å². The molecular formula is C18H28. The number of hydrogen-bond donors (Lipinski definition) is 0. The maximum Gasteiger partial charge on any atom is -0.0132 e. The van der Waals surface area contributed by atoms with Gasteiger partial charge in [0.2, 0.25) is 0 Å². The average Bonchev–Trinajstić information content (AvgIpc) is 2.57. The van der Waals surface area contributed by atoms with E-state index >= 15 is 0 Å². The van der Waals surface area contributed by atoms with Crippen molar-refractivity contribution in [2.45, 2.75) is 71.1 Å². The van der Waals surface area contributed by atoms with Crippen molar-refractivity contribution in [3.63, 3.8) is 0 Å². The maximum atomic E-state index is 2.35. The van der Waals surface area contributed by atoms with E-state index in [-0.39, 0.29) is 5.41 Å². The first-order valence-electron chi connectivity index (χ1n) is 7.65. The Hall–Kier alpha value is -0.780. The largest absolute Gasteiger partial charge is 0.0587 e. The van der Waals surface area contributed by atoms with Crippen molar-refractivity contribution in [2.24, 2.45) is 5.92 Å². The first-order chi connectivity index (χ1) is 8.55. The predicted molar refractivity (Wildman–Crippen MR) is 80.0 cm³/mol. The predicted octanol–water partition coefficient (Wildman–Crippen LogP) is 5.50. The van der Waals surface area contributed by atoms with Crippen molar-refractivity contribution in [1.29, 1.82) is 0 Å². The Morgan fingerprint density at radius 1 is 0.889 bits per heavy atom. The normalized spacial score (nSPS) is 18.6. The highest BCUT2D eigenvalue weighted by molar-refractivity contribution is 5.27. The molecule has 0 radical (unpaired) electrons. The molecular weight excluding hydrogens is 216 g/mol. The van der Waals surface area contributed by atoms with E-state index in [0.29, 0.717) is 0 Å². The summed E-state index contributed by atoms with van der Waals surface area (Å²) in [6, 6.07) is 9.36. The second kappa shape index (κ2) is 5.91. The van der Waals surface area contributed by atoms with Crippen LogP contribution in [0.15, 0.2) is 24.3 Å². The van der Waals surface area contributed by atoms with Crippen LogP contribution in [-0.2, 0) is 11.8 Å². The van der Waals surface area contributed by atoms with Gasteiger partial charge in [0.25, 0.3) is 0 Å². The zero-order valence-corrected chi connectivity index (χ0v) is 12.3. The number of benzene rings is 1. The Morgan fingerprint density at radius 2 is 1.44 bits per heavy atom. The molecule has 0 unspecified atom stereocenters. The lowest BCUT2D eigenvalue weighted by atomic mass is 9.85. The summed E-state index contributed by atoms with van der Waals surface area (Å²) in [7, 11) is 0. The highest BCUT2D eigenvalue weighted by Crippen LogP contribution is 2.27. The molecule has 0 aromatic heterocycles. The van der Waals surface area contributed by atoms with Crippen LogP contribution in [-0.4, -0.2) is 0 Å². The van der Waals surface area contributed by atoms with Gasteiger partial charge in [-0.1, -0.05) is 83.6 Å². The smallest absolute Gasteiger partial charge is 0.0132 e. The number of hydrogen-bond acceptors (Lipinski definition) is 0. The Morgan fingerprint density at radius 3 is 1.94 bits per heavy atom. The molecule has 0 bridgehead atoms. The van der Waals surface area contributed by atoms with Crippen LogP contribution >= 0.6 is 0 Å². The van der Waals surface area contributed by atoms with E-state index in [4.69, 9.17) is 0 Å². The van der Waals surface area contributed by atoms with Crippen LogP contribution in [0.5, 0.6) is 0 Å². The lowest BCUT2D eigenvalue weighted by Gasteiger charge is -2.20. The second-order valence-electron chi connectivity index (χ2n) is 7.01. The van der Waals surface area contributed by atoms with Crippen LogP contribution in [0.1, 0.15) is 70.4 Å². The van der Waals surface area contributed by atoms with Crippen molar-refractivity contribution in [3.05, 3.63) is 35.4 Å². The summed E-state index contributed by atoms with van der Waals surface area (Å²) in [6.07, 6.45) is 10.0. The molecule has 1 fully saturated rings. The molecule has 1 aliphatic rings. The minimum atomic E-state index is 0.279. The summed E-state index contributed by atoms with van der Waals surface area (Å²) in [5.74, 6) is 0.938. The van der Waals surface area contributed by atoms with Crippen molar-refractivity contribution in [1.82, 2.24) is 0 Å². The van der Waals surface area contributed by atoms with Gasteiger partial charge in [0.15, 0.2) is 0 Å². The van der Waals surface area contributed by atoms with Crippen molar-refractivity contribution in [3.8, 4) is 0 Å². The van der Waals surface area contributed by atoms with Crippen molar-refractivity contribution < 1.29 is 0 Å². The summed E-state index contributed by atoms with van der Waals surface area (Å²) in [6.45, 7) is 6.86. The van der Waals surface area contributed by atoms with E-state index in [1.165, 1.54) is 56.1 Å². The Kier molecular flexibility index (Phi) is 4.48. The quantitative estimate of drug-likeness (QED) is 0.603. The summed E-state index contributed by atoms with van der Waals surface area (Å²) >= 11 is 0. The molecule has 0 amide bonds. The molecule has 1 aromatic carbocycles. The maximum absolute atomic E-state index is 2.35. The molecule has 0 nitrogen and oxygen atoms in total. The van der Waals surface area contributed by atoms with E-state index in [9.17, 15) is 0 Å². The topological polar surface area (TPSA) is 0 Å². The van der Waals surface area contributed by atoms with Gasteiger partial charge in [-0.25, -0.2) is 0 Å². The van der Waals surface area contributed by atoms with Crippen molar-refractivity contribution >= 4 is 0 Å². The molecule has 0 saturated heterocycles. The molecule has 1 saturated carbocycles. The third kappa shape index (κ3) is 3.86. The molecule has 2 rings (SSSR count). The minimum absolute atomic E-state index is 0.279. The van der Waals surface area contributed by atoms with Gasteiger partial charge in [0.05, 0.1) is 0 Å². The lowest BCUT2D eigenvalue weighted by Crippen LogP contribution is -2.11. The van der Waals surface area contributed by atoms with Gasteiger partial charge in [-0.15, -0.1) is 0 Å². The van der Waals surface area contributed by atoms with Crippen LogP contribution in [0.3, 0.4) is 0 Å². The minimum Gasteiger partial charge on any atom is -0.0587 e. The summed E-state index contributed by atoms with van der Waals surface area (Å²) < 4.78 is 0. The Balaban J connectivity index is 1.97. The third-order valence-electron chi connectivity index (χ3n) is 4.32. The highest BCUT2D eigenvalue weighted by atomic mass is 14.2. The molecule has 18 heavy (non-hydrogen) atoms. The molecule has 1 aromatic rings. The Bertz CT molecular complexity index is 345. The molecule has 0 heterocycles. The Labute approximate surface area is 113 Å². The molecule has 100 valence electrons. The zero-order chi connectivity index (χ0) is 13.0. The van der Waals surface area contributed by atoms with Gasteiger partial charge in [0, 0.05) is 0 Å². The lowest BCUT2D eigenvalue weighted by molar-refractivity contribution is 0.458. The van der Waals surface area contributed by atoms with E-state index in [2.05, 4.69) is 45.0 Å². The fraction of sp³-hybridized carbons (Fsp3) is 0.667. The third-order valence-corrected chi connectivity index (χ3v) is 4.32. The molecule has 0 spiro atoms. The van der Waals surface area contributed by atoms with Crippen LogP contribution in [0, 0.1) is 5.92 Å². The van der Waals surface area contributed by atoms with Crippen LogP contribution < -0.4 is 0 Å². The van der Waals surface area contributed by atoms with E-state index in [1.807, 2.05) is 0 Å². The van der Waals surface area contributed by atoms with Gasteiger partial charge in [-0.05, 0) is 28.9 Å². The summed E-state index contributed by atoms with van der Waals surface area (Å²) in [5, 5.41) is 0.